The van der Waals surface area contributed by atoms with Crippen molar-refractivity contribution in [2.24, 2.45) is 0 Å². The van der Waals surface area contributed by atoms with Crippen LogP contribution in [0.3, 0.4) is 0 Å². The molecule has 3 heterocycles. The van der Waals surface area contributed by atoms with Crippen molar-refractivity contribution in [1.82, 2.24) is 4.98 Å². The maximum absolute atomic E-state index is 13.2. The van der Waals surface area contributed by atoms with E-state index in [-0.39, 0.29) is 22.9 Å². The summed E-state index contributed by atoms with van der Waals surface area (Å²) in [4.78, 5) is 35.9. The van der Waals surface area contributed by atoms with Crippen molar-refractivity contribution >= 4 is 78.5 Å². The molecule has 7 aromatic rings. The molecule has 0 radical (unpaired) electrons. The number of thiophene rings is 2. The number of para-hydroxylation sites is 4. The number of aromatic nitrogens is 1. The SMILES string of the molecule is O=C(/C=C(\O)c1ccc(N(c2ccccc2)c2ccccc2)s1)c1cccc(C(=O)/C=C(\O)c2ccc(N(c3ccccc3)c3ccccc3)s2)n1. The Morgan fingerprint density at radius 1 is 0.442 bits per heavy atom. The molecule has 0 atom stereocenters. The minimum absolute atomic E-state index is 0.0166. The second-order valence-corrected chi connectivity index (χ2v) is 13.6. The quantitative estimate of drug-likeness (QED) is 0.0738. The third-order valence-electron chi connectivity index (χ3n) is 7.98. The van der Waals surface area contributed by atoms with Crippen LogP contribution in [-0.4, -0.2) is 26.8 Å². The van der Waals surface area contributed by atoms with Crippen LogP contribution in [0, 0.1) is 0 Å². The lowest BCUT2D eigenvalue weighted by Gasteiger charge is -2.23. The van der Waals surface area contributed by atoms with Crippen LogP contribution >= 0.6 is 22.7 Å². The maximum Gasteiger partial charge on any atom is 0.207 e. The lowest BCUT2D eigenvalue weighted by molar-refractivity contribution is 0.103. The van der Waals surface area contributed by atoms with E-state index < -0.39 is 11.6 Å². The Morgan fingerprint density at radius 2 is 0.769 bits per heavy atom. The van der Waals surface area contributed by atoms with Crippen LogP contribution in [0.15, 0.2) is 176 Å². The molecule has 0 saturated heterocycles. The zero-order valence-electron chi connectivity index (χ0n) is 27.6. The minimum atomic E-state index is -0.567. The summed E-state index contributed by atoms with van der Waals surface area (Å²) in [6, 6.07) is 51.3. The number of anilines is 6. The van der Waals surface area contributed by atoms with E-state index in [9.17, 15) is 19.8 Å². The summed E-state index contributed by atoms with van der Waals surface area (Å²) in [6.07, 6.45) is 2.21. The highest BCUT2D eigenvalue weighted by Crippen LogP contribution is 2.41. The van der Waals surface area contributed by atoms with Gasteiger partial charge in [-0.25, -0.2) is 4.98 Å². The fourth-order valence-corrected chi connectivity index (χ4v) is 7.46. The molecule has 0 amide bonds. The second-order valence-electron chi connectivity index (χ2n) is 11.5. The summed E-state index contributed by atoms with van der Waals surface area (Å²) < 4.78 is 0. The number of carbonyl (C=O) groups excluding carboxylic acids is 2. The summed E-state index contributed by atoms with van der Waals surface area (Å²) in [5.74, 6) is -1.56. The van der Waals surface area contributed by atoms with Crippen molar-refractivity contribution < 1.29 is 19.8 Å². The van der Waals surface area contributed by atoms with Gasteiger partial charge >= 0.3 is 0 Å². The Morgan fingerprint density at radius 3 is 1.10 bits per heavy atom. The monoisotopic (exact) mass is 717 g/mol. The number of carbonyl (C=O) groups is 2. The van der Waals surface area contributed by atoms with Crippen molar-refractivity contribution in [2.45, 2.75) is 0 Å². The van der Waals surface area contributed by atoms with E-state index in [1.165, 1.54) is 34.8 Å². The summed E-state index contributed by atoms with van der Waals surface area (Å²) in [7, 11) is 0. The Hall–Kier alpha value is -6.55. The molecule has 0 aliphatic carbocycles. The zero-order chi connectivity index (χ0) is 35.9. The second kappa shape index (κ2) is 15.6. The number of benzene rings is 4. The van der Waals surface area contributed by atoms with Gasteiger partial charge in [-0.05, 0) is 84.9 Å². The zero-order valence-corrected chi connectivity index (χ0v) is 29.2. The van der Waals surface area contributed by atoms with Crippen LogP contribution in [0.2, 0.25) is 0 Å². The molecule has 9 heteroatoms. The molecule has 2 N–H and O–H groups in total. The van der Waals surface area contributed by atoms with E-state index in [4.69, 9.17) is 0 Å². The largest absolute Gasteiger partial charge is 0.506 e. The van der Waals surface area contributed by atoms with Gasteiger partial charge in [0, 0.05) is 34.9 Å². The van der Waals surface area contributed by atoms with Gasteiger partial charge in [-0.2, -0.15) is 0 Å². The number of hydrogen-bond acceptors (Lipinski definition) is 9. The van der Waals surface area contributed by atoms with Crippen molar-refractivity contribution in [3.05, 3.63) is 197 Å². The average Bonchev–Trinajstić information content (AvgIpc) is 3.88. The third-order valence-corrected chi connectivity index (χ3v) is 10.2. The van der Waals surface area contributed by atoms with E-state index in [0.29, 0.717) is 9.75 Å². The van der Waals surface area contributed by atoms with Gasteiger partial charge in [-0.1, -0.05) is 78.9 Å². The van der Waals surface area contributed by atoms with Crippen molar-refractivity contribution in [2.75, 3.05) is 9.80 Å². The number of nitrogens with zero attached hydrogens (tertiary/aromatic N) is 3. The fraction of sp³-hybridized carbons (Fsp3) is 0. The van der Waals surface area contributed by atoms with E-state index in [1.807, 2.05) is 133 Å². The summed E-state index contributed by atoms with van der Waals surface area (Å²) in [5.41, 5.74) is 3.78. The van der Waals surface area contributed by atoms with Crippen molar-refractivity contribution in [3.63, 3.8) is 0 Å². The molecular formula is C43H31N3O4S2. The van der Waals surface area contributed by atoms with Gasteiger partial charge in [0.25, 0.3) is 0 Å². The molecule has 52 heavy (non-hydrogen) atoms. The molecule has 0 aliphatic heterocycles. The van der Waals surface area contributed by atoms with E-state index in [0.717, 1.165) is 44.9 Å². The normalized spacial score (nSPS) is 11.6. The van der Waals surface area contributed by atoms with E-state index in [2.05, 4.69) is 14.8 Å². The predicted molar refractivity (Wildman–Crippen MR) is 212 cm³/mol. The third kappa shape index (κ3) is 7.61. The lowest BCUT2D eigenvalue weighted by atomic mass is 10.1. The molecule has 0 unspecified atom stereocenters. The van der Waals surface area contributed by atoms with Crippen LogP contribution in [0.5, 0.6) is 0 Å². The number of aliphatic hydroxyl groups is 2. The van der Waals surface area contributed by atoms with E-state index >= 15 is 0 Å². The number of pyridine rings is 1. The van der Waals surface area contributed by atoms with Crippen LogP contribution in [0.4, 0.5) is 32.8 Å². The maximum atomic E-state index is 13.2. The summed E-state index contributed by atoms with van der Waals surface area (Å²) in [5, 5.41) is 23.7. The topological polar surface area (TPSA) is 94.0 Å². The number of ketones is 2. The number of aliphatic hydroxyl groups excluding tert-OH is 2. The van der Waals surface area contributed by atoms with Crippen LogP contribution in [0.25, 0.3) is 11.5 Å². The van der Waals surface area contributed by atoms with Crippen LogP contribution in [0.1, 0.15) is 30.7 Å². The Balaban J connectivity index is 1.09. The van der Waals surface area contributed by atoms with Crippen LogP contribution in [-0.2, 0) is 0 Å². The molecule has 0 bridgehead atoms. The molecule has 3 aromatic heterocycles. The van der Waals surface area contributed by atoms with Crippen LogP contribution < -0.4 is 9.80 Å². The standard InChI is InChI=1S/C43H31N3O4S2/c47-36(28-38(49)40-24-26-42(51-40)45(30-14-5-1-6-15-30)31-16-7-2-8-17-31)34-22-13-23-35(44-34)37(48)29-39(50)41-25-27-43(52-41)46(32-18-9-3-10-19-32)33-20-11-4-12-21-33/h1-29,49-50H/b38-28-,39-29-. The molecule has 0 saturated carbocycles. The number of rotatable bonds is 12. The van der Waals surface area contributed by atoms with Gasteiger partial charge in [0.1, 0.15) is 32.9 Å². The first kappa shape index (κ1) is 33.9. The molecule has 4 aromatic carbocycles. The molecular weight excluding hydrogens is 687 g/mol. The molecule has 7 rings (SSSR count). The first-order valence-corrected chi connectivity index (χ1v) is 18.0. The molecule has 0 fully saturated rings. The first-order valence-electron chi connectivity index (χ1n) is 16.3. The highest BCUT2D eigenvalue weighted by Gasteiger charge is 2.19. The Kier molecular flexibility index (Phi) is 10.1. The first-order chi connectivity index (χ1) is 25.4. The van der Waals surface area contributed by atoms with Gasteiger partial charge in [0.05, 0.1) is 9.75 Å². The van der Waals surface area contributed by atoms with Gasteiger partial charge in [0.15, 0.2) is 0 Å². The number of allylic oxidation sites excluding steroid dienone is 2. The predicted octanol–water partition coefficient (Wildman–Crippen LogP) is 11.7. The highest BCUT2D eigenvalue weighted by molar-refractivity contribution is 7.17. The highest BCUT2D eigenvalue weighted by atomic mass is 32.1. The summed E-state index contributed by atoms with van der Waals surface area (Å²) >= 11 is 2.67. The minimum Gasteiger partial charge on any atom is -0.506 e. The lowest BCUT2D eigenvalue weighted by Crippen LogP contribution is -2.07. The van der Waals surface area contributed by atoms with E-state index in [1.54, 1.807) is 18.2 Å². The Labute approximate surface area is 309 Å². The van der Waals surface area contributed by atoms with Gasteiger partial charge in [0.2, 0.25) is 11.6 Å². The van der Waals surface area contributed by atoms with Gasteiger partial charge in [-0.15, -0.1) is 22.7 Å². The van der Waals surface area contributed by atoms with Gasteiger partial charge in [-0.3, -0.25) is 9.59 Å². The molecule has 0 spiro atoms. The Bertz CT molecular complexity index is 2130. The molecule has 254 valence electrons. The van der Waals surface area contributed by atoms with Crippen molar-refractivity contribution in [1.29, 1.82) is 0 Å². The average molecular weight is 718 g/mol. The fourth-order valence-electron chi connectivity index (χ4n) is 5.53. The van der Waals surface area contributed by atoms with Crippen molar-refractivity contribution in [3.8, 4) is 0 Å². The molecule has 7 nitrogen and oxygen atoms in total. The summed E-state index contributed by atoms with van der Waals surface area (Å²) in [6.45, 7) is 0. The number of hydrogen-bond donors (Lipinski definition) is 2. The smallest absolute Gasteiger partial charge is 0.207 e. The molecule has 0 aliphatic rings. The van der Waals surface area contributed by atoms with Gasteiger partial charge < -0.3 is 20.0 Å².